The van der Waals surface area contributed by atoms with E-state index in [9.17, 15) is 0 Å². The van der Waals surface area contributed by atoms with Crippen molar-refractivity contribution < 1.29 is 4.42 Å². The van der Waals surface area contributed by atoms with Gasteiger partial charge in [0.1, 0.15) is 5.76 Å². The first-order chi connectivity index (χ1) is 10.3. The number of hydrogen-bond donors (Lipinski definition) is 1. The van der Waals surface area contributed by atoms with Gasteiger partial charge in [0.25, 0.3) is 0 Å². The Balaban J connectivity index is 2.05. The monoisotopic (exact) mass is 281 g/mol. The van der Waals surface area contributed by atoms with Gasteiger partial charge in [0.2, 0.25) is 0 Å². The molecule has 21 heavy (non-hydrogen) atoms. The van der Waals surface area contributed by atoms with Crippen molar-refractivity contribution in [1.29, 1.82) is 0 Å². The lowest BCUT2D eigenvalue weighted by atomic mass is 10.0. The molecular weight excluding hydrogens is 262 g/mol. The molecule has 0 radical (unpaired) electrons. The van der Waals surface area contributed by atoms with Gasteiger partial charge in [-0.15, -0.1) is 0 Å². The highest BCUT2D eigenvalue weighted by Crippen LogP contribution is 2.27. The molecule has 0 aliphatic carbocycles. The van der Waals surface area contributed by atoms with Crippen molar-refractivity contribution in [1.82, 2.24) is 15.1 Å². The van der Waals surface area contributed by atoms with Crippen LogP contribution in [0.15, 0.2) is 59.3 Å². The molecule has 0 aliphatic heterocycles. The maximum absolute atomic E-state index is 5.57. The van der Waals surface area contributed by atoms with Crippen LogP contribution in [0.4, 0.5) is 0 Å². The topological polar surface area (TPSA) is 43.0 Å². The van der Waals surface area contributed by atoms with Gasteiger partial charge in [0.15, 0.2) is 0 Å². The lowest BCUT2D eigenvalue weighted by molar-refractivity contribution is 0.502. The Bertz CT molecular complexity index is 700. The third-order valence-electron chi connectivity index (χ3n) is 3.67. The molecule has 0 aliphatic rings. The molecule has 1 N–H and O–H groups in total. The normalized spacial score (nSPS) is 12.5. The molecule has 0 fully saturated rings. The number of nitrogens with one attached hydrogen (secondary N) is 1. The van der Waals surface area contributed by atoms with Crippen molar-refractivity contribution in [2.24, 2.45) is 0 Å². The van der Waals surface area contributed by atoms with Crippen LogP contribution in [0.5, 0.6) is 0 Å². The fourth-order valence-electron chi connectivity index (χ4n) is 2.67. The highest BCUT2D eigenvalue weighted by molar-refractivity contribution is 5.37. The van der Waals surface area contributed by atoms with E-state index in [0.29, 0.717) is 0 Å². The second-order valence-electron chi connectivity index (χ2n) is 4.88. The zero-order valence-electron chi connectivity index (χ0n) is 12.3. The maximum atomic E-state index is 5.57. The van der Waals surface area contributed by atoms with E-state index in [1.54, 1.807) is 6.26 Å². The molecule has 3 rings (SSSR count). The summed E-state index contributed by atoms with van der Waals surface area (Å²) in [6.45, 7) is 2.10. The molecule has 1 atom stereocenters. The van der Waals surface area contributed by atoms with Crippen LogP contribution in [0, 0.1) is 0 Å². The minimum atomic E-state index is 0.0569. The quantitative estimate of drug-likeness (QED) is 0.780. The van der Waals surface area contributed by atoms with Crippen LogP contribution in [0.3, 0.4) is 0 Å². The highest BCUT2D eigenvalue weighted by atomic mass is 16.3. The number of nitrogens with zero attached hydrogens (tertiary/aromatic N) is 2. The molecule has 0 saturated heterocycles. The van der Waals surface area contributed by atoms with Crippen LogP contribution < -0.4 is 5.32 Å². The molecule has 4 heteroatoms. The van der Waals surface area contributed by atoms with Crippen LogP contribution in [0.2, 0.25) is 0 Å². The summed E-state index contributed by atoms with van der Waals surface area (Å²) in [7, 11) is 1.96. The van der Waals surface area contributed by atoms with Gasteiger partial charge in [-0.1, -0.05) is 25.1 Å². The van der Waals surface area contributed by atoms with Crippen LogP contribution in [0.25, 0.3) is 5.69 Å². The standard InChI is InChI=1S/C17H19N3O/c1-3-16-14(10-12-21-16)17(18-2)15-9-11-19-20(15)13-7-5-4-6-8-13/h4-12,17-18H,3H2,1-2H3. The Hall–Kier alpha value is -2.33. The van der Waals surface area contributed by atoms with E-state index in [2.05, 4.69) is 29.5 Å². The Kier molecular flexibility index (Phi) is 3.88. The number of furan rings is 1. The minimum Gasteiger partial charge on any atom is -0.469 e. The SMILES string of the molecule is CCc1occc1C(NC)c1ccnn1-c1ccccc1. The summed E-state index contributed by atoms with van der Waals surface area (Å²) < 4.78 is 7.54. The molecule has 4 nitrogen and oxygen atoms in total. The van der Waals surface area contributed by atoms with Crippen molar-refractivity contribution in [2.45, 2.75) is 19.4 Å². The Morgan fingerprint density at radius 3 is 2.71 bits per heavy atom. The largest absolute Gasteiger partial charge is 0.469 e. The summed E-state index contributed by atoms with van der Waals surface area (Å²) in [5.74, 6) is 1.01. The zero-order valence-corrected chi connectivity index (χ0v) is 12.3. The molecule has 108 valence electrons. The first-order valence-electron chi connectivity index (χ1n) is 7.18. The van der Waals surface area contributed by atoms with Crippen molar-refractivity contribution in [3.8, 4) is 5.69 Å². The van der Waals surface area contributed by atoms with E-state index in [-0.39, 0.29) is 6.04 Å². The third kappa shape index (κ3) is 2.50. The highest BCUT2D eigenvalue weighted by Gasteiger charge is 2.21. The molecule has 3 aromatic rings. The second kappa shape index (κ2) is 5.97. The van der Waals surface area contributed by atoms with Gasteiger partial charge >= 0.3 is 0 Å². The van der Waals surface area contributed by atoms with Crippen LogP contribution in [-0.4, -0.2) is 16.8 Å². The first-order valence-corrected chi connectivity index (χ1v) is 7.18. The number of aromatic nitrogens is 2. The van der Waals surface area contributed by atoms with Crippen molar-refractivity contribution >= 4 is 0 Å². The zero-order chi connectivity index (χ0) is 14.7. The number of hydrogen-bond acceptors (Lipinski definition) is 3. The molecule has 1 unspecified atom stereocenters. The summed E-state index contributed by atoms with van der Waals surface area (Å²) in [5.41, 5.74) is 3.32. The van der Waals surface area contributed by atoms with Gasteiger partial charge in [-0.3, -0.25) is 0 Å². The predicted octanol–water partition coefficient (Wildman–Crippen LogP) is 3.34. The molecule has 2 aromatic heterocycles. The van der Waals surface area contributed by atoms with Crippen LogP contribution in [0.1, 0.15) is 30.0 Å². The molecule has 0 bridgehead atoms. The maximum Gasteiger partial charge on any atom is 0.108 e. The van der Waals surface area contributed by atoms with E-state index in [1.807, 2.05) is 48.3 Å². The summed E-state index contributed by atoms with van der Waals surface area (Å²) in [4.78, 5) is 0. The number of benzene rings is 1. The van der Waals surface area contributed by atoms with E-state index in [4.69, 9.17) is 4.42 Å². The lowest BCUT2D eigenvalue weighted by Gasteiger charge is -2.18. The van der Waals surface area contributed by atoms with E-state index < -0.39 is 0 Å². The number of aryl methyl sites for hydroxylation is 1. The Morgan fingerprint density at radius 2 is 2.00 bits per heavy atom. The summed E-state index contributed by atoms with van der Waals surface area (Å²) in [5, 5.41) is 7.84. The minimum absolute atomic E-state index is 0.0569. The number of rotatable bonds is 5. The first kappa shape index (κ1) is 13.6. The van der Waals surface area contributed by atoms with Gasteiger partial charge in [-0.2, -0.15) is 5.10 Å². The lowest BCUT2D eigenvalue weighted by Crippen LogP contribution is -2.21. The molecule has 0 spiro atoms. The summed E-state index contributed by atoms with van der Waals surface area (Å²) in [6.07, 6.45) is 4.46. The summed E-state index contributed by atoms with van der Waals surface area (Å²) in [6, 6.07) is 14.3. The van der Waals surface area contributed by atoms with Gasteiger partial charge in [-0.25, -0.2) is 4.68 Å². The molecule has 2 heterocycles. The predicted molar refractivity (Wildman–Crippen MR) is 82.6 cm³/mol. The Labute approximate surface area is 124 Å². The van der Waals surface area contributed by atoms with Gasteiger partial charge in [0.05, 0.1) is 23.7 Å². The smallest absolute Gasteiger partial charge is 0.108 e. The summed E-state index contributed by atoms with van der Waals surface area (Å²) >= 11 is 0. The number of para-hydroxylation sites is 1. The third-order valence-corrected chi connectivity index (χ3v) is 3.67. The van der Waals surface area contributed by atoms with Crippen molar-refractivity contribution in [3.05, 3.63) is 71.9 Å². The fourth-order valence-corrected chi connectivity index (χ4v) is 2.67. The fraction of sp³-hybridized carbons (Fsp3) is 0.235. The van der Waals surface area contributed by atoms with E-state index in [0.717, 1.165) is 29.1 Å². The van der Waals surface area contributed by atoms with Gasteiger partial charge in [-0.05, 0) is 31.3 Å². The van der Waals surface area contributed by atoms with E-state index >= 15 is 0 Å². The second-order valence-corrected chi connectivity index (χ2v) is 4.88. The Morgan fingerprint density at radius 1 is 1.19 bits per heavy atom. The molecule has 0 saturated carbocycles. The molecule has 0 amide bonds. The van der Waals surface area contributed by atoms with Crippen LogP contribution >= 0.6 is 0 Å². The van der Waals surface area contributed by atoms with Crippen molar-refractivity contribution in [2.75, 3.05) is 7.05 Å². The molecule has 1 aromatic carbocycles. The van der Waals surface area contributed by atoms with Crippen LogP contribution in [-0.2, 0) is 6.42 Å². The van der Waals surface area contributed by atoms with Gasteiger partial charge < -0.3 is 9.73 Å². The van der Waals surface area contributed by atoms with E-state index in [1.165, 1.54) is 0 Å². The molecular formula is C17H19N3O. The van der Waals surface area contributed by atoms with Gasteiger partial charge in [0, 0.05) is 18.2 Å². The van der Waals surface area contributed by atoms with Crippen molar-refractivity contribution in [3.63, 3.8) is 0 Å². The average molecular weight is 281 g/mol. The average Bonchev–Trinajstić information content (AvgIpc) is 3.18.